The van der Waals surface area contributed by atoms with Crippen LogP contribution in [-0.4, -0.2) is 42.5 Å². The summed E-state index contributed by atoms with van der Waals surface area (Å²) in [6, 6.07) is 7.34. The molecule has 7 nitrogen and oxygen atoms in total. The quantitative estimate of drug-likeness (QED) is 0.381. The molecule has 1 fully saturated rings. The van der Waals surface area contributed by atoms with Crippen LogP contribution >= 0.6 is 0 Å². The molecule has 7 heteroatoms. The first-order valence-electron chi connectivity index (χ1n) is 8.22. The molecular formula is C17H26N4O3. The van der Waals surface area contributed by atoms with E-state index < -0.39 is 6.04 Å². The van der Waals surface area contributed by atoms with Crippen molar-refractivity contribution in [3.8, 4) is 5.75 Å². The van der Waals surface area contributed by atoms with Gasteiger partial charge in [-0.3, -0.25) is 19.9 Å². The summed E-state index contributed by atoms with van der Waals surface area (Å²) in [6.07, 6.45) is 0.0535. The van der Waals surface area contributed by atoms with Crippen molar-refractivity contribution in [2.75, 3.05) is 19.7 Å². The van der Waals surface area contributed by atoms with E-state index in [1.807, 2.05) is 29.2 Å². The number of ether oxygens (including phenoxy) is 1. The number of nitrogens with one attached hydrogen (secondary N) is 2. The van der Waals surface area contributed by atoms with Crippen molar-refractivity contribution < 1.29 is 14.3 Å². The first kappa shape index (κ1) is 18.2. The topological polar surface area (TPSA) is 96.7 Å². The molecule has 1 aromatic rings. The number of hydrogen-bond acceptors (Lipinski definition) is 5. The van der Waals surface area contributed by atoms with Crippen LogP contribution in [0, 0.1) is 5.92 Å². The Hall–Kier alpha value is -2.12. The molecule has 0 spiro atoms. The summed E-state index contributed by atoms with van der Waals surface area (Å²) in [6.45, 7) is 6.76. The first-order chi connectivity index (χ1) is 11.5. The molecule has 0 aromatic heterocycles. The van der Waals surface area contributed by atoms with Crippen LogP contribution in [0.3, 0.4) is 0 Å². The molecule has 0 bridgehead atoms. The van der Waals surface area contributed by atoms with Gasteiger partial charge in [-0.05, 0) is 23.6 Å². The predicted molar refractivity (Wildman–Crippen MR) is 90.9 cm³/mol. The average Bonchev–Trinajstić information content (AvgIpc) is 2.57. The lowest BCUT2D eigenvalue weighted by atomic mass is 10.1. The van der Waals surface area contributed by atoms with E-state index in [1.54, 1.807) is 0 Å². The third-order valence-corrected chi connectivity index (χ3v) is 3.87. The Morgan fingerprint density at radius 2 is 2.12 bits per heavy atom. The van der Waals surface area contributed by atoms with Crippen molar-refractivity contribution >= 4 is 11.8 Å². The van der Waals surface area contributed by atoms with Crippen molar-refractivity contribution in [3.63, 3.8) is 0 Å². The normalized spacial score (nSPS) is 18.3. The summed E-state index contributed by atoms with van der Waals surface area (Å²) in [5, 5.41) is 2.79. The van der Waals surface area contributed by atoms with Gasteiger partial charge in [-0.1, -0.05) is 26.0 Å². The van der Waals surface area contributed by atoms with Gasteiger partial charge in [0.05, 0.1) is 19.1 Å². The fourth-order valence-electron chi connectivity index (χ4n) is 2.60. The summed E-state index contributed by atoms with van der Waals surface area (Å²) in [5.41, 5.74) is 3.15. The number of rotatable bonds is 7. The zero-order valence-electron chi connectivity index (χ0n) is 14.2. The number of benzene rings is 1. The van der Waals surface area contributed by atoms with E-state index in [2.05, 4.69) is 24.6 Å². The minimum Gasteiger partial charge on any atom is -0.493 e. The molecule has 0 radical (unpaired) electrons. The van der Waals surface area contributed by atoms with Gasteiger partial charge in [-0.25, -0.2) is 5.84 Å². The maximum absolute atomic E-state index is 12.1. The van der Waals surface area contributed by atoms with Gasteiger partial charge in [0.2, 0.25) is 11.8 Å². The number of nitrogens with two attached hydrogens (primary N) is 1. The van der Waals surface area contributed by atoms with Gasteiger partial charge < -0.3 is 10.1 Å². The fraction of sp³-hybridized carbons (Fsp3) is 0.529. The summed E-state index contributed by atoms with van der Waals surface area (Å²) in [4.78, 5) is 25.6. The van der Waals surface area contributed by atoms with Crippen LogP contribution in [-0.2, 0) is 16.1 Å². The second-order valence-electron chi connectivity index (χ2n) is 6.40. The lowest BCUT2D eigenvalue weighted by molar-refractivity contribution is -0.134. The molecule has 132 valence electrons. The van der Waals surface area contributed by atoms with Crippen LogP contribution in [0.4, 0.5) is 0 Å². The number of carbonyl (C=O) groups is 2. The van der Waals surface area contributed by atoms with E-state index >= 15 is 0 Å². The van der Waals surface area contributed by atoms with Crippen LogP contribution < -0.4 is 21.3 Å². The van der Waals surface area contributed by atoms with Gasteiger partial charge in [0.1, 0.15) is 5.75 Å². The van der Waals surface area contributed by atoms with Gasteiger partial charge in [-0.15, -0.1) is 0 Å². The highest BCUT2D eigenvalue weighted by molar-refractivity contribution is 5.88. The molecule has 1 saturated heterocycles. The minimum atomic E-state index is -0.501. The van der Waals surface area contributed by atoms with Crippen molar-refractivity contribution in [1.29, 1.82) is 0 Å². The van der Waals surface area contributed by atoms with Crippen LogP contribution in [0.1, 0.15) is 25.8 Å². The molecule has 24 heavy (non-hydrogen) atoms. The van der Waals surface area contributed by atoms with E-state index in [4.69, 9.17) is 10.6 Å². The van der Waals surface area contributed by atoms with Gasteiger partial charge in [0.25, 0.3) is 0 Å². The van der Waals surface area contributed by atoms with E-state index in [0.717, 1.165) is 11.3 Å². The zero-order valence-corrected chi connectivity index (χ0v) is 14.2. The van der Waals surface area contributed by atoms with Crippen LogP contribution in [0.15, 0.2) is 24.3 Å². The third kappa shape index (κ3) is 5.21. The van der Waals surface area contributed by atoms with E-state index in [-0.39, 0.29) is 18.2 Å². The van der Waals surface area contributed by atoms with Crippen molar-refractivity contribution in [2.24, 2.45) is 11.8 Å². The Kier molecular flexibility index (Phi) is 6.57. The molecule has 1 aromatic carbocycles. The molecule has 0 aliphatic carbocycles. The second kappa shape index (κ2) is 8.65. The molecule has 2 amide bonds. The summed E-state index contributed by atoms with van der Waals surface area (Å²) in [5.74, 6) is 5.96. The molecule has 1 aliphatic heterocycles. The fourth-order valence-corrected chi connectivity index (χ4v) is 2.60. The van der Waals surface area contributed by atoms with Gasteiger partial charge in [0.15, 0.2) is 0 Å². The highest BCUT2D eigenvalue weighted by atomic mass is 16.5. The highest BCUT2D eigenvalue weighted by Gasteiger charge is 2.31. The third-order valence-electron chi connectivity index (χ3n) is 3.87. The second-order valence-corrected chi connectivity index (χ2v) is 6.40. The molecule has 0 saturated carbocycles. The number of hydrazine groups is 1. The van der Waals surface area contributed by atoms with Crippen molar-refractivity contribution in [2.45, 2.75) is 32.9 Å². The Balaban J connectivity index is 1.99. The molecule has 1 aliphatic rings. The number of amides is 2. The maximum atomic E-state index is 12.1. The molecule has 1 unspecified atom stereocenters. The Bertz CT molecular complexity index is 559. The zero-order chi connectivity index (χ0) is 17.5. The van der Waals surface area contributed by atoms with Gasteiger partial charge in [-0.2, -0.15) is 0 Å². The van der Waals surface area contributed by atoms with Crippen molar-refractivity contribution in [1.82, 2.24) is 15.6 Å². The van der Waals surface area contributed by atoms with Gasteiger partial charge in [0, 0.05) is 19.6 Å². The Morgan fingerprint density at radius 3 is 2.75 bits per heavy atom. The Labute approximate surface area is 142 Å². The smallest absolute Gasteiger partial charge is 0.237 e. The summed E-state index contributed by atoms with van der Waals surface area (Å²) >= 11 is 0. The number of carbonyl (C=O) groups excluding carboxylic acids is 2. The number of nitrogens with zero attached hydrogens (tertiary/aromatic N) is 1. The molecule has 1 heterocycles. The minimum absolute atomic E-state index is 0.0535. The van der Waals surface area contributed by atoms with E-state index in [1.165, 1.54) is 0 Å². The summed E-state index contributed by atoms with van der Waals surface area (Å²) in [7, 11) is 0. The lowest BCUT2D eigenvalue weighted by Gasteiger charge is -2.34. The number of piperazine rings is 1. The predicted octanol–water partition coefficient (Wildman–Crippen LogP) is 0.402. The molecule has 1 atom stereocenters. The van der Waals surface area contributed by atoms with Gasteiger partial charge >= 0.3 is 0 Å². The van der Waals surface area contributed by atoms with Crippen LogP contribution in [0.5, 0.6) is 5.75 Å². The SMILES string of the molecule is CC(C)COc1ccc(CN2CCNC(=O)C2CC(=O)NN)cc1. The lowest BCUT2D eigenvalue weighted by Crippen LogP contribution is -2.56. The highest BCUT2D eigenvalue weighted by Crippen LogP contribution is 2.17. The summed E-state index contributed by atoms with van der Waals surface area (Å²) < 4.78 is 5.67. The standard InChI is InChI=1S/C17H26N4O3/c1-12(2)11-24-14-5-3-13(4-6-14)10-21-8-7-19-17(23)15(21)9-16(22)20-18/h3-6,12,15H,7-11,18H2,1-2H3,(H,19,23)(H,20,22). The molecular weight excluding hydrogens is 308 g/mol. The molecule has 4 N–H and O–H groups in total. The number of hydrogen-bond donors (Lipinski definition) is 3. The van der Waals surface area contributed by atoms with Crippen LogP contribution in [0.25, 0.3) is 0 Å². The van der Waals surface area contributed by atoms with Crippen molar-refractivity contribution in [3.05, 3.63) is 29.8 Å². The largest absolute Gasteiger partial charge is 0.493 e. The average molecular weight is 334 g/mol. The maximum Gasteiger partial charge on any atom is 0.237 e. The first-order valence-corrected chi connectivity index (χ1v) is 8.22. The van der Waals surface area contributed by atoms with E-state index in [0.29, 0.717) is 32.2 Å². The van der Waals surface area contributed by atoms with Crippen LogP contribution in [0.2, 0.25) is 0 Å². The Morgan fingerprint density at radius 1 is 1.42 bits per heavy atom. The van der Waals surface area contributed by atoms with E-state index in [9.17, 15) is 9.59 Å². The monoisotopic (exact) mass is 334 g/mol. The molecule has 2 rings (SSSR count).